The summed E-state index contributed by atoms with van der Waals surface area (Å²) >= 11 is 6.64. The standard InChI is InChI=1S/C25H33ClN2O2/c26-23-17-21(9-10-24(23)30-19-20-7-3-1-4-8-20)22(18-28-15-13-27-14-16-28)25(29)11-5-2-6-12-25/h1,3-4,7-10,17,22,27,29H,2,5-6,11-16,18-19H2/t22-/m1/s1. The van der Waals surface area contributed by atoms with Gasteiger partial charge in [-0.15, -0.1) is 0 Å². The Morgan fingerprint density at radius 1 is 1.03 bits per heavy atom. The maximum Gasteiger partial charge on any atom is 0.138 e. The Kier molecular flexibility index (Phi) is 7.32. The largest absolute Gasteiger partial charge is 0.487 e. The van der Waals surface area contributed by atoms with Gasteiger partial charge in [0.1, 0.15) is 12.4 Å². The van der Waals surface area contributed by atoms with Crippen molar-refractivity contribution in [1.82, 2.24) is 10.2 Å². The van der Waals surface area contributed by atoms with Crippen LogP contribution < -0.4 is 10.1 Å². The molecule has 1 aliphatic carbocycles. The van der Waals surface area contributed by atoms with Gasteiger partial charge in [-0.25, -0.2) is 0 Å². The Hall–Kier alpha value is -1.59. The molecule has 2 aliphatic rings. The van der Waals surface area contributed by atoms with Crippen molar-refractivity contribution < 1.29 is 9.84 Å². The molecule has 1 aliphatic heterocycles. The van der Waals surface area contributed by atoms with Crippen molar-refractivity contribution in [1.29, 1.82) is 0 Å². The third-order valence-corrected chi connectivity index (χ3v) is 6.91. The molecule has 2 aromatic carbocycles. The van der Waals surface area contributed by atoms with Crippen LogP contribution in [0.15, 0.2) is 48.5 Å². The molecule has 4 rings (SSSR count). The second-order valence-corrected chi connectivity index (χ2v) is 9.14. The first-order chi connectivity index (χ1) is 14.6. The minimum Gasteiger partial charge on any atom is -0.487 e. The van der Waals surface area contributed by atoms with Gasteiger partial charge >= 0.3 is 0 Å². The summed E-state index contributed by atoms with van der Waals surface area (Å²) in [7, 11) is 0. The molecule has 0 aromatic heterocycles. The zero-order chi connectivity index (χ0) is 20.8. The Bertz CT molecular complexity index is 802. The Balaban J connectivity index is 1.52. The lowest BCUT2D eigenvalue weighted by molar-refractivity contribution is -0.0316. The summed E-state index contributed by atoms with van der Waals surface area (Å²) < 4.78 is 5.97. The molecule has 2 fully saturated rings. The van der Waals surface area contributed by atoms with Gasteiger partial charge in [-0.1, -0.05) is 67.3 Å². The van der Waals surface area contributed by atoms with Crippen LogP contribution in [0.3, 0.4) is 0 Å². The predicted molar refractivity (Wildman–Crippen MR) is 122 cm³/mol. The van der Waals surface area contributed by atoms with Crippen molar-refractivity contribution in [3.8, 4) is 5.75 Å². The summed E-state index contributed by atoms with van der Waals surface area (Å²) in [5.74, 6) is 0.761. The molecule has 1 saturated carbocycles. The minimum absolute atomic E-state index is 0.0663. The maximum absolute atomic E-state index is 11.6. The van der Waals surface area contributed by atoms with E-state index >= 15 is 0 Å². The van der Waals surface area contributed by atoms with Gasteiger partial charge in [-0.05, 0) is 36.1 Å². The number of benzene rings is 2. The monoisotopic (exact) mass is 428 g/mol. The molecular formula is C25H33ClN2O2. The van der Waals surface area contributed by atoms with E-state index in [9.17, 15) is 5.11 Å². The van der Waals surface area contributed by atoms with Crippen LogP contribution >= 0.6 is 11.6 Å². The van der Waals surface area contributed by atoms with Gasteiger partial charge in [0.2, 0.25) is 0 Å². The molecule has 2 aromatic rings. The number of hydrogen-bond acceptors (Lipinski definition) is 4. The smallest absolute Gasteiger partial charge is 0.138 e. The number of rotatable bonds is 7. The molecule has 30 heavy (non-hydrogen) atoms. The quantitative estimate of drug-likeness (QED) is 0.676. The lowest BCUT2D eigenvalue weighted by atomic mass is 9.72. The van der Waals surface area contributed by atoms with Crippen molar-refractivity contribution >= 4 is 11.6 Å². The van der Waals surface area contributed by atoms with Gasteiger partial charge in [0.05, 0.1) is 10.6 Å². The van der Waals surface area contributed by atoms with Crippen LogP contribution in [0.25, 0.3) is 0 Å². The summed E-state index contributed by atoms with van der Waals surface area (Å²) in [5, 5.41) is 15.6. The highest BCUT2D eigenvalue weighted by Gasteiger charge is 2.39. The molecule has 5 heteroatoms. The van der Waals surface area contributed by atoms with Crippen LogP contribution in [0, 0.1) is 0 Å². The van der Waals surface area contributed by atoms with E-state index in [2.05, 4.69) is 16.3 Å². The zero-order valence-electron chi connectivity index (χ0n) is 17.7. The third kappa shape index (κ3) is 5.36. The predicted octanol–water partition coefficient (Wildman–Crippen LogP) is 4.60. The van der Waals surface area contributed by atoms with Crippen molar-refractivity contribution in [2.45, 2.75) is 50.2 Å². The van der Waals surface area contributed by atoms with Crippen molar-refractivity contribution in [3.05, 3.63) is 64.7 Å². The average molecular weight is 429 g/mol. The van der Waals surface area contributed by atoms with Crippen molar-refractivity contribution in [2.24, 2.45) is 0 Å². The van der Waals surface area contributed by atoms with Crippen LogP contribution in [0.1, 0.15) is 49.1 Å². The first-order valence-corrected chi connectivity index (χ1v) is 11.6. The first-order valence-electron chi connectivity index (χ1n) is 11.3. The number of ether oxygens (including phenoxy) is 1. The Morgan fingerprint density at radius 3 is 2.47 bits per heavy atom. The van der Waals surface area contributed by atoms with Crippen LogP contribution in [-0.4, -0.2) is 48.3 Å². The van der Waals surface area contributed by atoms with Gasteiger partial charge in [-0.3, -0.25) is 0 Å². The highest BCUT2D eigenvalue weighted by atomic mass is 35.5. The lowest BCUT2D eigenvalue weighted by Crippen LogP contribution is -2.49. The van der Waals surface area contributed by atoms with E-state index in [1.807, 2.05) is 42.5 Å². The maximum atomic E-state index is 11.6. The normalized spacial score (nSPS) is 20.6. The summed E-state index contributed by atoms with van der Waals surface area (Å²) in [6.45, 7) is 5.44. The first kappa shape index (κ1) is 21.6. The average Bonchev–Trinajstić information content (AvgIpc) is 2.78. The van der Waals surface area contributed by atoms with Gasteiger partial charge < -0.3 is 20.1 Å². The molecule has 0 radical (unpaired) electrons. The fraction of sp³-hybridized carbons (Fsp3) is 0.520. The van der Waals surface area contributed by atoms with E-state index in [-0.39, 0.29) is 5.92 Å². The second kappa shape index (κ2) is 10.1. The Labute approximate surface area is 185 Å². The molecule has 1 heterocycles. The SMILES string of the molecule is OC1([C@H](CN2CCNCC2)c2ccc(OCc3ccccc3)c(Cl)c2)CCCCC1. The van der Waals surface area contributed by atoms with E-state index in [0.717, 1.165) is 69.5 Å². The highest BCUT2D eigenvalue weighted by Crippen LogP contribution is 2.42. The summed E-state index contributed by atoms with van der Waals surface area (Å²) in [4.78, 5) is 2.47. The summed E-state index contributed by atoms with van der Waals surface area (Å²) in [6.07, 6.45) is 5.15. The van der Waals surface area contributed by atoms with E-state index in [4.69, 9.17) is 16.3 Å². The lowest BCUT2D eigenvalue weighted by Gasteiger charge is -2.42. The third-order valence-electron chi connectivity index (χ3n) is 6.61. The molecule has 0 bridgehead atoms. The molecule has 4 nitrogen and oxygen atoms in total. The number of piperazine rings is 1. The topological polar surface area (TPSA) is 44.7 Å². The fourth-order valence-electron chi connectivity index (χ4n) is 4.84. The van der Waals surface area contributed by atoms with Crippen LogP contribution in [0.4, 0.5) is 0 Å². The van der Waals surface area contributed by atoms with Crippen molar-refractivity contribution in [2.75, 3.05) is 32.7 Å². The molecule has 162 valence electrons. The van der Waals surface area contributed by atoms with E-state index in [1.54, 1.807) is 0 Å². The number of halogens is 1. The molecular weight excluding hydrogens is 396 g/mol. The molecule has 0 unspecified atom stereocenters. The Morgan fingerprint density at radius 2 is 1.77 bits per heavy atom. The van der Waals surface area contributed by atoms with Crippen molar-refractivity contribution in [3.63, 3.8) is 0 Å². The van der Waals surface area contributed by atoms with Gasteiger partial charge in [0, 0.05) is 38.6 Å². The fourth-order valence-corrected chi connectivity index (χ4v) is 5.08. The second-order valence-electron chi connectivity index (χ2n) is 8.73. The van der Waals surface area contributed by atoms with Crippen LogP contribution in [0.2, 0.25) is 5.02 Å². The summed E-state index contributed by atoms with van der Waals surface area (Å²) in [6, 6.07) is 16.2. The highest BCUT2D eigenvalue weighted by molar-refractivity contribution is 6.32. The van der Waals surface area contributed by atoms with Crippen LogP contribution in [0.5, 0.6) is 5.75 Å². The minimum atomic E-state index is -0.654. The number of hydrogen-bond donors (Lipinski definition) is 2. The van der Waals surface area contributed by atoms with Gasteiger partial charge in [0.15, 0.2) is 0 Å². The van der Waals surface area contributed by atoms with E-state index in [0.29, 0.717) is 17.4 Å². The molecule has 2 N–H and O–H groups in total. The number of nitrogens with zero attached hydrogens (tertiary/aromatic N) is 1. The van der Waals surface area contributed by atoms with E-state index < -0.39 is 5.60 Å². The van der Waals surface area contributed by atoms with Gasteiger partial charge in [-0.2, -0.15) is 0 Å². The molecule has 0 amide bonds. The van der Waals surface area contributed by atoms with E-state index in [1.165, 1.54) is 6.42 Å². The molecule has 1 atom stereocenters. The number of nitrogens with one attached hydrogen (secondary N) is 1. The zero-order valence-corrected chi connectivity index (χ0v) is 18.4. The van der Waals surface area contributed by atoms with Crippen LogP contribution in [-0.2, 0) is 6.61 Å². The summed E-state index contributed by atoms with van der Waals surface area (Å²) in [5.41, 5.74) is 1.58. The molecule has 1 saturated heterocycles. The van der Waals surface area contributed by atoms with Gasteiger partial charge in [0.25, 0.3) is 0 Å². The number of aliphatic hydroxyl groups is 1. The molecule has 0 spiro atoms.